The van der Waals surface area contributed by atoms with Crippen molar-refractivity contribution >= 4 is 23.1 Å². The molecule has 1 aromatic carbocycles. The van der Waals surface area contributed by atoms with Gasteiger partial charge in [0.15, 0.2) is 11.4 Å². The Morgan fingerprint density at radius 2 is 1.42 bits per heavy atom. The molecule has 0 amide bonds. The highest BCUT2D eigenvalue weighted by molar-refractivity contribution is 6.05. The number of hydrogen-bond donors (Lipinski definition) is 0. The van der Waals surface area contributed by atoms with Gasteiger partial charge in [-0.25, -0.2) is 4.79 Å². The minimum atomic E-state index is -1.59. The summed E-state index contributed by atoms with van der Waals surface area (Å²) < 4.78 is 18.2. The lowest BCUT2D eigenvalue weighted by atomic mass is 9.70. The van der Waals surface area contributed by atoms with Gasteiger partial charge >= 0.3 is 5.97 Å². The molecule has 0 aliphatic heterocycles. The Labute approximate surface area is 209 Å². The zero-order valence-corrected chi connectivity index (χ0v) is 21.7. The highest BCUT2D eigenvalue weighted by Gasteiger charge is 2.77. The van der Waals surface area contributed by atoms with Crippen LogP contribution < -0.4 is 0 Å². The molecular weight excluding hydrogens is 472 g/mol. The third-order valence-corrected chi connectivity index (χ3v) is 7.64. The lowest BCUT2D eigenvalue weighted by Crippen LogP contribution is -2.53. The van der Waals surface area contributed by atoms with Crippen molar-refractivity contribution in [3.05, 3.63) is 55.5 Å². The molecule has 11 heteroatoms. The monoisotopic (exact) mass is 504 g/mol. The molecule has 11 nitrogen and oxygen atoms in total. The largest absolute Gasteiger partial charge is 0.487 e. The summed E-state index contributed by atoms with van der Waals surface area (Å²) in [4.78, 5) is 48.6. The Balaban J connectivity index is 2.26. The van der Waals surface area contributed by atoms with Crippen molar-refractivity contribution in [2.75, 3.05) is 0 Å². The number of non-ortho nitro benzene ring substituents is 2. The highest BCUT2D eigenvalue weighted by atomic mass is 16.6. The first-order valence-corrected chi connectivity index (χ1v) is 11.9. The van der Waals surface area contributed by atoms with E-state index in [4.69, 9.17) is 14.2 Å². The Kier molecular flexibility index (Phi) is 6.91. The van der Waals surface area contributed by atoms with Crippen LogP contribution in [0.3, 0.4) is 0 Å². The molecule has 196 valence electrons. The van der Waals surface area contributed by atoms with E-state index in [0.717, 1.165) is 18.2 Å². The van der Waals surface area contributed by atoms with Gasteiger partial charge in [-0.2, -0.15) is 0 Å². The van der Waals surface area contributed by atoms with Crippen molar-refractivity contribution in [3.8, 4) is 0 Å². The molecule has 1 aromatic rings. The fourth-order valence-corrected chi connectivity index (χ4v) is 5.56. The van der Waals surface area contributed by atoms with Gasteiger partial charge in [0.05, 0.1) is 39.1 Å². The van der Waals surface area contributed by atoms with Gasteiger partial charge in [-0.05, 0) is 46.5 Å². The van der Waals surface area contributed by atoms with Crippen molar-refractivity contribution in [1.29, 1.82) is 0 Å². The Hall–Kier alpha value is -3.50. The van der Waals surface area contributed by atoms with Crippen LogP contribution in [-0.2, 0) is 19.0 Å². The van der Waals surface area contributed by atoms with Gasteiger partial charge in [0, 0.05) is 18.1 Å². The predicted octanol–water partition coefficient (Wildman–Crippen LogP) is 4.97. The summed E-state index contributed by atoms with van der Waals surface area (Å²) in [5.41, 5.74) is -4.48. The lowest BCUT2D eigenvalue weighted by Gasteiger charge is -2.41. The number of benzene rings is 1. The third-order valence-electron chi connectivity index (χ3n) is 7.64. The number of ether oxygens (including phenoxy) is 3. The maximum Gasteiger partial charge on any atom is 0.339 e. The molecular formula is C25H32N2O9. The van der Waals surface area contributed by atoms with Crippen molar-refractivity contribution in [2.24, 2.45) is 23.2 Å². The summed E-state index contributed by atoms with van der Waals surface area (Å²) in [6.07, 6.45) is -0.763. The van der Waals surface area contributed by atoms with Crippen LogP contribution in [0.4, 0.5) is 11.4 Å². The van der Waals surface area contributed by atoms with Crippen molar-refractivity contribution in [1.82, 2.24) is 0 Å². The zero-order valence-electron chi connectivity index (χ0n) is 21.7. The summed E-state index contributed by atoms with van der Waals surface area (Å²) in [5.74, 6) is -2.05. The van der Waals surface area contributed by atoms with E-state index in [2.05, 4.69) is 0 Å². The summed E-state index contributed by atoms with van der Waals surface area (Å²) in [5, 5.41) is 22.7. The maximum atomic E-state index is 13.9. The summed E-state index contributed by atoms with van der Waals surface area (Å²) in [7, 11) is 0. The van der Waals surface area contributed by atoms with Crippen LogP contribution in [0.25, 0.3) is 0 Å². The number of Topliss-reactive ketones (excluding diaryl/α,β-unsaturated/α-hetero) is 1. The number of fused-ring (bicyclic) bond motifs is 1. The van der Waals surface area contributed by atoms with Crippen LogP contribution in [-0.4, -0.2) is 39.4 Å². The number of rotatable bonds is 8. The molecule has 2 aliphatic carbocycles. The first-order chi connectivity index (χ1) is 16.6. The molecule has 0 heterocycles. The standard InChI is InChI=1S/C25H32N2O9/c1-12(2)34-20-21(28)24(8)15(6)14(5)16(7)25(24,22(20)35-13(3)4)36-23(29)17-9-18(26(30)31)11-19(10-17)27(32)33/h9-16H,1-8H3/t14-,15-,16-,24-,25-/m0/s1. The van der Waals surface area contributed by atoms with Crippen molar-refractivity contribution in [2.45, 2.75) is 73.2 Å². The van der Waals surface area contributed by atoms with Crippen molar-refractivity contribution < 1.29 is 33.6 Å². The SMILES string of the molecule is CC(C)OC1=C(OC(C)C)[C@@]2(OC(=O)c3cc([N+](=O)[O-])cc([N+](=O)[O-])c3)[C@@H](C)[C@@H](C)[C@H](C)[C@@]2(C)C1=O. The highest BCUT2D eigenvalue weighted by Crippen LogP contribution is 2.66. The average Bonchev–Trinajstić information content (AvgIpc) is 3.05. The van der Waals surface area contributed by atoms with Gasteiger partial charge < -0.3 is 14.2 Å². The number of carbonyl (C=O) groups is 2. The number of hydrogen-bond acceptors (Lipinski definition) is 9. The van der Waals surface area contributed by atoms with Crippen LogP contribution in [0.2, 0.25) is 0 Å². The molecule has 0 bridgehead atoms. The molecule has 5 atom stereocenters. The van der Waals surface area contributed by atoms with E-state index in [-0.39, 0.29) is 40.8 Å². The topological polar surface area (TPSA) is 148 Å². The first kappa shape index (κ1) is 27.1. The Morgan fingerprint density at radius 3 is 1.86 bits per heavy atom. The first-order valence-electron chi connectivity index (χ1n) is 11.9. The minimum Gasteiger partial charge on any atom is -0.487 e. The van der Waals surface area contributed by atoms with E-state index < -0.39 is 50.2 Å². The number of allylic oxidation sites excluding steroid dienone is 1. The second-order valence-electron chi connectivity index (χ2n) is 10.3. The number of esters is 1. The maximum absolute atomic E-state index is 13.9. The van der Waals surface area contributed by atoms with Gasteiger partial charge in [-0.1, -0.05) is 20.8 Å². The number of nitro benzene ring substituents is 2. The smallest absolute Gasteiger partial charge is 0.339 e. The second kappa shape index (κ2) is 9.18. The fraction of sp³-hybridized carbons (Fsp3) is 0.600. The van der Waals surface area contributed by atoms with E-state index in [9.17, 15) is 29.8 Å². The van der Waals surface area contributed by atoms with E-state index in [1.807, 2.05) is 20.8 Å². The molecule has 2 aliphatic rings. The fourth-order valence-electron chi connectivity index (χ4n) is 5.56. The predicted molar refractivity (Wildman–Crippen MR) is 128 cm³/mol. The number of carbonyl (C=O) groups excluding carboxylic acids is 2. The van der Waals surface area contributed by atoms with E-state index in [1.54, 1.807) is 34.6 Å². The number of nitro groups is 2. The number of ketones is 1. The van der Waals surface area contributed by atoms with Crippen LogP contribution in [0.1, 0.15) is 65.7 Å². The molecule has 0 N–H and O–H groups in total. The van der Waals surface area contributed by atoms with Gasteiger partial charge in [0.1, 0.15) is 0 Å². The Morgan fingerprint density at radius 1 is 0.917 bits per heavy atom. The summed E-state index contributed by atoms with van der Waals surface area (Å²) >= 11 is 0. The van der Waals surface area contributed by atoms with Gasteiger partial charge in [0.2, 0.25) is 11.5 Å². The molecule has 0 radical (unpaired) electrons. The van der Waals surface area contributed by atoms with Crippen LogP contribution in [0.5, 0.6) is 0 Å². The second-order valence-corrected chi connectivity index (χ2v) is 10.3. The Bertz CT molecular complexity index is 1130. The zero-order chi connectivity index (χ0) is 27.3. The molecule has 1 fully saturated rings. The average molecular weight is 505 g/mol. The molecule has 3 rings (SSSR count). The molecule has 1 saturated carbocycles. The van der Waals surface area contributed by atoms with Crippen molar-refractivity contribution in [3.63, 3.8) is 0 Å². The lowest BCUT2D eigenvalue weighted by molar-refractivity contribution is -0.394. The molecule has 36 heavy (non-hydrogen) atoms. The van der Waals surface area contributed by atoms with E-state index in [1.165, 1.54) is 0 Å². The third kappa shape index (κ3) is 3.90. The van der Waals surface area contributed by atoms with Crippen LogP contribution in [0.15, 0.2) is 29.7 Å². The van der Waals surface area contributed by atoms with Crippen LogP contribution in [0, 0.1) is 43.4 Å². The van der Waals surface area contributed by atoms with E-state index in [0.29, 0.717) is 0 Å². The molecule has 0 aromatic heterocycles. The van der Waals surface area contributed by atoms with Crippen LogP contribution >= 0.6 is 0 Å². The molecule has 0 saturated heterocycles. The quantitative estimate of drug-likeness (QED) is 0.272. The van der Waals surface area contributed by atoms with Gasteiger partial charge in [0.25, 0.3) is 11.4 Å². The normalized spacial score (nSPS) is 29.5. The van der Waals surface area contributed by atoms with E-state index >= 15 is 0 Å². The molecule has 0 unspecified atom stereocenters. The van der Waals surface area contributed by atoms with Gasteiger partial charge in [-0.15, -0.1) is 0 Å². The summed E-state index contributed by atoms with van der Waals surface area (Å²) in [6, 6.07) is 2.61. The number of nitrogens with zero attached hydrogens (tertiary/aromatic N) is 2. The molecule has 0 spiro atoms. The minimum absolute atomic E-state index is 0.00961. The summed E-state index contributed by atoms with van der Waals surface area (Å²) in [6.45, 7) is 14.5. The van der Waals surface area contributed by atoms with Gasteiger partial charge in [-0.3, -0.25) is 25.0 Å².